The van der Waals surface area contributed by atoms with E-state index < -0.39 is 0 Å². The molecule has 0 N–H and O–H groups in total. The quantitative estimate of drug-likeness (QED) is 0.565. The molecule has 0 amide bonds. The highest BCUT2D eigenvalue weighted by Gasteiger charge is 1.90. The molecule has 0 atom stereocenters. The summed E-state index contributed by atoms with van der Waals surface area (Å²) in [6, 6.07) is 5.89. The van der Waals surface area contributed by atoms with Crippen molar-refractivity contribution >= 4 is 6.29 Å². The van der Waals surface area contributed by atoms with Crippen LogP contribution in [-0.4, -0.2) is 6.29 Å². The van der Waals surface area contributed by atoms with Gasteiger partial charge < -0.3 is 4.79 Å². The summed E-state index contributed by atoms with van der Waals surface area (Å²) in [4.78, 5) is 9.97. The van der Waals surface area contributed by atoms with Gasteiger partial charge >= 0.3 is 0 Å². The Balaban J connectivity index is 2.78. The lowest BCUT2D eigenvalue weighted by Gasteiger charge is -1.91. The average molecular weight is 137 g/mol. The Bertz CT molecular complexity index is 215. The fraction of sp³-hybridized carbons (Fsp3) is 0.125. The summed E-state index contributed by atoms with van der Waals surface area (Å²) < 4.78 is 12.2. The largest absolute Gasteiger partial charge is 0.303 e. The molecule has 52 valence electrons. The van der Waals surface area contributed by atoms with E-state index >= 15 is 0 Å². The van der Waals surface area contributed by atoms with Gasteiger partial charge in [0.15, 0.2) is 0 Å². The highest BCUT2D eigenvalue weighted by Crippen LogP contribution is 2.01. The van der Waals surface area contributed by atoms with E-state index in [1.54, 1.807) is 12.1 Å². The van der Waals surface area contributed by atoms with Crippen LogP contribution in [0, 0.1) is 5.82 Å². The molecule has 0 radical (unpaired) electrons. The minimum atomic E-state index is -0.269. The molecule has 0 saturated heterocycles. The molecule has 2 heteroatoms. The van der Waals surface area contributed by atoms with Gasteiger partial charge in [-0.25, -0.2) is 4.39 Å². The number of aldehydes is 1. The van der Waals surface area contributed by atoms with Crippen molar-refractivity contribution in [3.8, 4) is 0 Å². The maximum atomic E-state index is 12.2. The third-order valence-electron chi connectivity index (χ3n) is 1.23. The number of hydrogen-bond donors (Lipinski definition) is 0. The fourth-order valence-electron chi connectivity index (χ4n) is 0.717. The Morgan fingerprint density at radius 3 is 2.40 bits per heavy atom. The van der Waals surface area contributed by atoms with Crippen molar-refractivity contribution in [2.45, 2.75) is 6.42 Å². The van der Waals surface area contributed by atoms with Crippen LogP contribution >= 0.6 is 0 Å². The van der Waals surface area contributed by atoms with Crippen LogP contribution in [0.4, 0.5) is 4.39 Å². The maximum Gasteiger partial charge on any atom is 0.124 e. The number of hydrogen-bond acceptors (Lipinski definition) is 1. The first-order valence-corrected chi connectivity index (χ1v) is 3.01. The van der Waals surface area contributed by atoms with Gasteiger partial charge in [-0.3, -0.25) is 0 Å². The molecule has 0 unspecified atom stereocenters. The van der Waals surface area contributed by atoms with Crippen LogP contribution in [0.25, 0.3) is 0 Å². The molecule has 1 nitrogen and oxygen atoms in total. The SMILES string of the molecule is O=CCc1ccc([18F])cc1. The van der Waals surface area contributed by atoms with Gasteiger partial charge in [-0.2, -0.15) is 0 Å². The molecule has 0 bridgehead atoms. The first-order chi connectivity index (χ1) is 4.83. The molecule has 1 aromatic rings. The molecule has 0 spiro atoms. The lowest BCUT2D eigenvalue weighted by Crippen LogP contribution is -1.84. The first kappa shape index (κ1) is 6.93. The van der Waals surface area contributed by atoms with Crippen molar-refractivity contribution in [3.05, 3.63) is 35.6 Å². The van der Waals surface area contributed by atoms with Gasteiger partial charge in [0.1, 0.15) is 12.1 Å². The van der Waals surface area contributed by atoms with Gasteiger partial charge in [0.05, 0.1) is 0 Å². The lowest BCUT2D eigenvalue weighted by atomic mass is 10.2. The van der Waals surface area contributed by atoms with Gasteiger partial charge in [0.25, 0.3) is 0 Å². The highest BCUT2D eigenvalue weighted by atomic mass is 18.2. The van der Waals surface area contributed by atoms with Crippen LogP contribution in [0.1, 0.15) is 5.56 Å². The summed E-state index contributed by atoms with van der Waals surface area (Å²) in [7, 11) is 0. The second-order valence-corrected chi connectivity index (χ2v) is 2.00. The molecule has 1 aromatic carbocycles. The Kier molecular flexibility index (Phi) is 2.15. The van der Waals surface area contributed by atoms with E-state index in [4.69, 9.17) is 0 Å². The second-order valence-electron chi connectivity index (χ2n) is 2.00. The van der Waals surface area contributed by atoms with Crippen LogP contribution in [0.5, 0.6) is 0 Å². The van der Waals surface area contributed by atoms with E-state index in [1.807, 2.05) is 0 Å². The summed E-state index contributed by atoms with van der Waals surface area (Å²) in [5.41, 5.74) is 0.844. The monoisotopic (exact) mass is 137 g/mol. The summed E-state index contributed by atoms with van der Waals surface area (Å²) in [5, 5.41) is 0. The lowest BCUT2D eigenvalue weighted by molar-refractivity contribution is -0.107. The van der Waals surface area contributed by atoms with Gasteiger partial charge in [0.2, 0.25) is 0 Å². The highest BCUT2D eigenvalue weighted by molar-refractivity contribution is 5.54. The maximum absolute atomic E-state index is 12.2. The molecule has 10 heavy (non-hydrogen) atoms. The molecule has 1 rings (SSSR count). The summed E-state index contributed by atoms with van der Waals surface area (Å²) in [5.74, 6) is -0.269. The van der Waals surface area contributed by atoms with Crippen molar-refractivity contribution in [2.75, 3.05) is 0 Å². The van der Waals surface area contributed by atoms with E-state index in [9.17, 15) is 9.18 Å². The number of rotatable bonds is 2. The summed E-state index contributed by atoms with van der Waals surface area (Å²) in [6.07, 6.45) is 1.16. The van der Waals surface area contributed by atoms with Crippen LogP contribution in [-0.2, 0) is 11.2 Å². The molecule has 0 aliphatic heterocycles. The number of carbonyl (C=O) groups excluding carboxylic acids is 1. The molecular weight excluding hydrogens is 130 g/mol. The molecule has 0 aliphatic rings. The summed E-state index contributed by atoms with van der Waals surface area (Å²) >= 11 is 0. The van der Waals surface area contributed by atoms with Crippen molar-refractivity contribution in [2.24, 2.45) is 0 Å². The predicted molar refractivity (Wildman–Crippen MR) is 36.2 cm³/mol. The predicted octanol–water partition coefficient (Wildman–Crippen LogP) is 1.57. The van der Waals surface area contributed by atoms with Gasteiger partial charge in [0, 0.05) is 6.42 Å². The Labute approximate surface area is 58.5 Å². The molecular formula is C8H7FO. The van der Waals surface area contributed by atoms with Crippen molar-refractivity contribution < 1.29 is 9.18 Å². The smallest absolute Gasteiger partial charge is 0.124 e. The standard InChI is InChI=1S/C8H7FO/c9-8-3-1-7(2-4-8)5-6-10/h1-4,6H,5H2/i9-1. The molecule has 0 saturated carbocycles. The molecule has 0 aliphatic carbocycles. The third-order valence-corrected chi connectivity index (χ3v) is 1.23. The number of benzene rings is 1. The minimum absolute atomic E-state index is 0.269. The first-order valence-electron chi connectivity index (χ1n) is 3.01. The Morgan fingerprint density at radius 1 is 1.30 bits per heavy atom. The van der Waals surface area contributed by atoms with E-state index in [2.05, 4.69) is 0 Å². The van der Waals surface area contributed by atoms with Crippen molar-refractivity contribution in [1.29, 1.82) is 0 Å². The van der Waals surface area contributed by atoms with Crippen LogP contribution in [0.15, 0.2) is 24.3 Å². The van der Waals surface area contributed by atoms with E-state index in [0.717, 1.165) is 11.8 Å². The van der Waals surface area contributed by atoms with Gasteiger partial charge in [-0.1, -0.05) is 12.1 Å². The molecule has 0 fully saturated rings. The zero-order valence-corrected chi connectivity index (χ0v) is 5.38. The normalized spacial score (nSPS) is 9.30. The van der Waals surface area contributed by atoms with E-state index in [1.165, 1.54) is 12.1 Å². The third kappa shape index (κ3) is 1.65. The van der Waals surface area contributed by atoms with E-state index in [0.29, 0.717) is 6.42 Å². The van der Waals surface area contributed by atoms with Crippen molar-refractivity contribution in [3.63, 3.8) is 0 Å². The molecule has 0 aromatic heterocycles. The molecule has 0 heterocycles. The van der Waals surface area contributed by atoms with E-state index in [-0.39, 0.29) is 5.82 Å². The van der Waals surface area contributed by atoms with Crippen molar-refractivity contribution in [1.82, 2.24) is 0 Å². The average Bonchev–Trinajstić information content (AvgIpc) is 1.95. The minimum Gasteiger partial charge on any atom is -0.303 e. The van der Waals surface area contributed by atoms with Crippen LogP contribution < -0.4 is 0 Å². The zero-order chi connectivity index (χ0) is 7.40. The van der Waals surface area contributed by atoms with Crippen LogP contribution in [0.3, 0.4) is 0 Å². The number of carbonyl (C=O) groups is 1. The zero-order valence-electron chi connectivity index (χ0n) is 5.38. The second kappa shape index (κ2) is 3.11. The Morgan fingerprint density at radius 2 is 1.90 bits per heavy atom. The summed E-state index contributed by atoms with van der Waals surface area (Å²) in [6.45, 7) is 0. The number of halogens is 1. The fourth-order valence-corrected chi connectivity index (χ4v) is 0.717. The Hall–Kier alpha value is -1.18. The van der Waals surface area contributed by atoms with Crippen LogP contribution in [0.2, 0.25) is 0 Å². The van der Waals surface area contributed by atoms with Gasteiger partial charge in [-0.05, 0) is 17.7 Å². The van der Waals surface area contributed by atoms with Gasteiger partial charge in [-0.15, -0.1) is 0 Å². The topological polar surface area (TPSA) is 17.1 Å².